The molecule has 29 heavy (non-hydrogen) atoms. The van der Waals surface area contributed by atoms with E-state index in [1.54, 1.807) is 24.3 Å². The zero-order chi connectivity index (χ0) is 20.5. The Morgan fingerprint density at radius 3 is 2.76 bits per heavy atom. The van der Waals surface area contributed by atoms with Crippen LogP contribution in [-0.4, -0.2) is 10.2 Å². The first kappa shape index (κ1) is 18.8. The zero-order valence-electron chi connectivity index (χ0n) is 15.4. The van der Waals surface area contributed by atoms with E-state index >= 15 is 0 Å². The summed E-state index contributed by atoms with van der Waals surface area (Å²) < 4.78 is 24.2. The van der Waals surface area contributed by atoms with Crippen LogP contribution >= 0.6 is 11.6 Å². The lowest BCUT2D eigenvalue weighted by molar-refractivity contribution is 0.306. The third-order valence-electron chi connectivity index (χ3n) is 4.73. The van der Waals surface area contributed by atoms with E-state index in [2.05, 4.69) is 16.3 Å². The number of benzene rings is 2. The molecule has 1 aliphatic rings. The number of nitrogens with two attached hydrogens (primary N) is 1. The Kier molecular flexibility index (Phi) is 4.87. The normalized spacial score (nSPS) is 15.4. The number of aromatic nitrogens is 2. The van der Waals surface area contributed by atoms with Crippen LogP contribution < -0.4 is 15.2 Å². The number of hydrogen-bond donors (Lipinski definition) is 2. The van der Waals surface area contributed by atoms with Gasteiger partial charge in [-0.1, -0.05) is 29.8 Å². The molecule has 0 saturated carbocycles. The second-order valence-electron chi connectivity index (χ2n) is 6.60. The van der Waals surface area contributed by atoms with Gasteiger partial charge in [0.15, 0.2) is 0 Å². The Morgan fingerprint density at radius 1 is 1.31 bits per heavy atom. The molecule has 0 amide bonds. The predicted octanol–water partition coefficient (Wildman–Crippen LogP) is 4.31. The summed E-state index contributed by atoms with van der Waals surface area (Å²) in [4.78, 5) is 0. The summed E-state index contributed by atoms with van der Waals surface area (Å²) >= 11 is 6.44. The molecular formula is C21H16ClFN4O2. The van der Waals surface area contributed by atoms with Crippen LogP contribution in [0, 0.1) is 24.1 Å². The van der Waals surface area contributed by atoms with Crippen molar-refractivity contribution in [1.82, 2.24) is 10.2 Å². The van der Waals surface area contributed by atoms with E-state index in [0.29, 0.717) is 16.7 Å². The maximum atomic E-state index is 13.0. The fourth-order valence-electron chi connectivity index (χ4n) is 3.29. The number of aromatic amines is 1. The molecule has 0 saturated heterocycles. The molecule has 0 bridgehead atoms. The van der Waals surface area contributed by atoms with E-state index in [4.69, 9.17) is 26.8 Å². The van der Waals surface area contributed by atoms with Gasteiger partial charge in [0.2, 0.25) is 11.8 Å². The molecule has 0 unspecified atom stereocenters. The highest BCUT2D eigenvalue weighted by Crippen LogP contribution is 2.43. The van der Waals surface area contributed by atoms with Crippen molar-refractivity contribution in [2.75, 3.05) is 0 Å². The van der Waals surface area contributed by atoms with Crippen LogP contribution in [0.2, 0.25) is 5.02 Å². The summed E-state index contributed by atoms with van der Waals surface area (Å²) in [6.45, 7) is 2.10. The number of nitrogens with one attached hydrogen (secondary N) is 1. The first-order valence-electron chi connectivity index (χ1n) is 8.77. The molecule has 2 heterocycles. The van der Waals surface area contributed by atoms with Gasteiger partial charge in [0.1, 0.15) is 29.8 Å². The van der Waals surface area contributed by atoms with Gasteiger partial charge < -0.3 is 15.2 Å². The summed E-state index contributed by atoms with van der Waals surface area (Å²) in [6, 6.07) is 13.5. The predicted molar refractivity (Wildman–Crippen MR) is 105 cm³/mol. The van der Waals surface area contributed by atoms with Crippen LogP contribution in [0.15, 0.2) is 53.9 Å². The number of hydrogen-bond acceptors (Lipinski definition) is 5. The van der Waals surface area contributed by atoms with Crippen LogP contribution in [-0.2, 0) is 6.61 Å². The molecule has 6 nitrogen and oxygen atoms in total. The van der Waals surface area contributed by atoms with Gasteiger partial charge in [-0.25, -0.2) is 4.39 Å². The maximum Gasteiger partial charge on any atom is 0.244 e. The molecular weight excluding hydrogens is 395 g/mol. The van der Waals surface area contributed by atoms with Gasteiger partial charge in [0.05, 0.1) is 10.9 Å². The Hall–Kier alpha value is -3.50. The van der Waals surface area contributed by atoms with Crippen LogP contribution in [0.3, 0.4) is 0 Å². The molecule has 0 aliphatic carbocycles. The molecule has 146 valence electrons. The minimum atomic E-state index is -0.453. The number of H-pyrrole nitrogens is 1. The molecule has 1 aliphatic heterocycles. The first-order valence-corrected chi connectivity index (χ1v) is 9.15. The van der Waals surface area contributed by atoms with Gasteiger partial charge in [-0.05, 0) is 42.3 Å². The molecule has 1 atom stereocenters. The number of allylic oxidation sites excluding steroid dienone is 1. The van der Waals surface area contributed by atoms with Crippen LogP contribution in [0.1, 0.15) is 28.3 Å². The number of fused-ring (bicyclic) bond motifs is 1. The summed E-state index contributed by atoms with van der Waals surface area (Å²) in [5, 5.41) is 17.0. The lowest BCUT2D eigenvalue weighted by atomic mass is 9.84. The van der Waals surface area contributed by atoms with Gasteiger partial charge in [-0.3, -0.25) is 5.10 Å². The fourth-order valence-corrected chi connectivity index (χ4v) is 3.53. The van der Waals surface area contributed by atoms with Crippen LogP contribution in [0.4, 0.5) is 4.39 Å². The number of rotatable bonds is 4. The van der Waals surface area contributed by atoms with E-state index < -0.39 is 5.92 Å². The zero-order valence-corrected chi connectivity index (χ0v) is 16.1. The molecule has 0 fully saturated rings. The Bertz CT molecular complexity index is 1150. The number of aryl methyl sites for hydroxylation is 1. The van der Waals surface area contributed by atoms with E-state index in [1.807, 2.05) is 13.0 Å². The number of ether oxygens (including phenoxy) is 2. The van der Waals surface area contributed by atoms with Gasteiger partial charge in [-0.2, -0.15) is 5.26 Å². The standard InChI is InChI=1S/C21H16ClFN4O2/c1-11-18-19(15(9-24)20(25)29-21(18)27-26-11)13-4-7-17(16(22)8-13)28-10-12-2-5-14(23)6-3-12/h2-8,19H,10,25H2,1H3,(H,26,27)/t19-/m0/s1. The summed E-state index contributed by atoms with van der Waals surface area (Å²) in [6.07, 6.45) is 0. The highest BCUT2D eigenvalue weighted by molar-refractivity contribution is 6.32. The van der Waals surface area contributed by atoms with Crippen LogP contribution in [0.25, 0.3) is 0 Å². The number of nitriles is 1. The lowest BCUT2D eigenvalue weighted by Crippen LogP contribution is -2.21. The van der Waals surface area contributed by atoms with E-state index in [9.17, 15) is 9.65 Å². The molecule has 0 spiro atoms. The Morgan fingerprint density at radius 2 is 2.07 bits per heavy atom. The van der Waals surface area contributed by atoms with Crippen molar-refractivity contribution in [3.05, 3.63) is 87.1 Å². The molecule has 1 aromatic heterocycles. The number of nitrogens with zero attached hydrogens (tertiary/aromatic N) is 2. The summed E-state index contributed by atoms with van der Waals surface area (Å²) in [7, 11) is 0. The molecule has 4 rings (SSSR count). The smallest absolute Gasteiger partial charge is 0.244 e. The second kappa shape index (κ2) is 7.49. The molecule has 3 aromatic rings. The summed E-state index contributed by atoms with van der Waals surface area (Å²) in [5.41, 5.74) is 9.32. The molecule has 0 radical (unpaired) electrons. The van der Waals surface area contributed by atoms with Gasteiger partial charge in [0, 0.05) is 11.3 Å². The van der Waals surface area contributed by atoms with E-state index in [0.717, 1.165) is 22.4 Å². The highest BCUT2D eigenvalue weighted by Gasteiger charge is 2.34. The van der Waals surface area contributed by atoms with Crippen molar-refractivity contribution in [3.63, 3.8) is 0 Å². The van der Waals surface area contributed by atoms with Gasteiger partial charge >= 0.3 is 0 Å². The average molecular weight is 411 g/mol. The fraction of sp³-hybridized carbons (Fsp3) is 0.143. The number of halogens is 2. The van der Waals surface area contributed by atoms with Crippen LogP contribution in [0.5, 0.6) is 11.6 Å². The largest absolute Gasteiger partial charge is 0.487 e. The van der Waals surface area contributed by atoms with Crippen molar-refractivity contribution in [3.8, 4) is 17.7 Å². The first-order chi connectivity index (χ1) is 14.0. The molecule has 2 aromatic carbocycles. The van der Waals surface area contributed by atoms with Gasteiger partial charge in [0.25, 0.3) is 0 Å². The van der Waals surface area contributed by atoms with Crippen molar-refractivity contribution < 1.29 is 13.9 Å². The van der Waals surface area contributed by atoms with Gasteiger partial charge in [-0.15, -0.1) is 5.10 Å². The quantitative estimate of drug-likeness (QED) is 0.668. The minimum absolute atomic E-state index is 0.0178. The highest BCUT2D eigenvalue weighted by atomic mass is 35.5. The second-order valence-corrected chi connectivity index (χ2v) is 7.00. The van der Waals surface area contributed by atoms with E-state index in [-0.39, 0.29) is 23.9 Å². The maximum absolute atomic E-state index is 13.0. The Balaban J connectivity index is 1.64. The van der Waals surface area contributed by atoms with Crippen molar-refractivity contribution in [1.29, 1.82) is 5.26 Å². The van der Waals surface area contributed by atoms with E-state index in [1.165, 1.54) is 12.1 Å². The third kappa shape index (κ3) is 3.50. The monoisotopic (exact) mass is 410 g/mol. The summed E-state index contributed by atoms with van der Waals surface area (Å²) in [5.74, 6) is 0.0840. The van der Waals surface area contributed by atoms with Crippen molar-refractivity contribution >= 4 is 11.6 Å². The minimum Gasteiger partial charge on any atom is -0.487 e. The lowest BCUT2D eigenvalue weighted by Gasteiger charge is -2.24. The topological polar surface area (TPSA) is 97.0 Å². The van der Waals surface area contributed by atoms with Crippen molar-refractivity contribution in [2.24, 2.45) is 5.73 Å². The SMILES string of the molecule is Cc1[nH]nc2c1[C@@H](c1ccc(OCc3ccc(F)cc3)c(Cl)c1)C(C#N)=C(N)O2. The average Bonchev–Trinajstić information content (AvgIpc) is 3.07. The van der Waals surface area contributed by atoms with Crippen molar-refractivity contribution in [2.45, 2.75) is 19.4 Å². The molecule has 8 heteroatoms. The third-order valence-corrected chi connectivity index (χ3v) is 5.02. The Labute approximate surface area is 171 Å². The molecule has 3 N–H and O–H groups in total.